The normalized spacial score (nSPS) is 10.6. The van der Waals surface area contributed by atoms with Gasteiger partial charge in [0, 0.05) is 18.3 Å². The lowest BCUT2D eigenvalue weighted by atomic mass is 10.3. The molecule has 0 saturated carbocycles. The molecule has 1 amide bonds. The minimum Gasteiger partial charge on any atom is -0.351 e. The molecular weight excluding hydrogens is 204 g/mol. The molecule has 0 atom stereocenters. The van der Waals surface area contributed by atoms with E-state index in [-0.39, 0.29) is 5.91 Å². The van der Waals surface area contributed by atoms with Crippen LogP contribution >= 0.6 is 0 Å². The van der Waals surface area contributed by atoms with Crippen LogP contribution in [-0.4, -0.2) is 27.0 Å². The van der Waals surface area contributed by atoms with Crippen molar-refractivity contribution < 1.29 is 4.79 Å². The number of hydrogen-bond donors (Lipinski definition) is 1. The van der Waals surface area contributed by atoms with Gasteiger partial charge < -0.3 is 5.32 Å². The van der Waals surface area contributed by atoms with Gasteiger partial charge in [-0.05, 0) is 19.4 Å². The molecule has 84 valence electrons. The molecule has 1 N–H and O–H groups in total. The van der Waals surface area contributed by atoms with Gasteiger partial charge >= 0.3 is 0 Å². The van der Waals surface area contributed by atoms with E-state index < -0.39 is 0 Å². The van der Waals surface area contributed by atoms with Gasteiger partial charge in [0.05, 0.1) is 6.20 Å². The van der Waals surface area contributed by atoms with Crippen molar-refractivity contribution in [3.8, 4) is 0 Å². The number of aryl methyl sites for hydroxylation is 1. The topological polar surface area (TPSA) is 59.3 Å². The van der Waals surface area contributed by atoms with Crippen molar-refractivity contribution in [1.29, 1.82) is 0 Å². The highest BCUT2D eigenvalue weighted by Crippen LogP contribution is 2.06. The predicted molar refractivity (Wildman–Crippen MR) is 60.3 cm³/mol. The molecular formula is C11H14N4O. The van der Waals surface area contributed by atoms with E-state index >= 15 is 0 Å². The fourth-order valence-corrected chi connectivity index (χ4v) is 1.51. The molecule has 0 unspecified atom stereocenters. The van der Waals surface area contributed by atoms with E-state index in [0.717, 1.165) is 12.1 Å². The predicted octanol–water partition coefficient (Wildman–Crippen LogP) is 1.18. The Bertz CT molecular complexity index is 518. The Kier molecular flexibility index (Phi) is 2.85. The van der Waals surface area contributed by atoms with E-state index in [1.165, 1.54) is 0 Å². The minimum atomic E-state index is -0.131. The van der Waals surface area contributed by atoms with E-state index in [0.29, 0.717) is 17.9 Å². The van der Waals surface area contributed by atoms with Crippen molar-refractivity contribution in [3.05, 3.63) is 29.7 Å². The van der Waals surface area contributed by atoms with Gasteiger partial charge in [0.1, 0.15) is 5.69 Å². The summed E-state index contributed by atoms with van der Waals surface area (Å²) in [6.45, 7) is 4.58. The van der Waals surface area contributed by atoms with Gasteiger partial charge in [0.25, 0.3) is 5.91 Å². The van der Waals surface area contributed by atoms with Crippen LogP contribution in [0.5, 0.6) is 0 Å². The Hall–Kier alpha value is -1.91. The highest BCUT2D eigenvalue weighted by atomic mass is 16.1. The van der Waals surface area contributed by atoms with Gasteiger partial charge in [-0.25, -0.2) is 9.50 Å². The summed E-state index contributed by atoms with van der Waals surface area (Å²) in [5.74, 6) is -0.131. The van der Waals surface area contributed by atoms with E-state index in [2.05, 4.69) is 15.4 Å². The van der Waals surface area contributed by atoms with E-state index in [9.17, 15) is 4.79 Å². The average molecular weight is 218 g/mol. The number of carbonyl (C=O) groups is 1. The van der Waals surface area contributed by atoms with E-state index in [1.807, 2.05) is 13.8 Å². The van der Waals surface area contributed by atoms with Gasteiger partial charge in [-0.2, -0.15) is 5.10 Å². The molecule has 0 fully saturated rings. The van der Waals surface area contributed by atoms with Crippen LogP contribution in [0.1, 0.15) is 29.5 Å². The lowest BCUT2D eigenvalue weighted by Crippen LogP contribution is -2.25. The van der Waals surface area contributed by atoms with Crippen LogP contribution in [0.3, 0.4) is 0 Å². The van der Waals surface area contributed by atoms with Crippen LogP contribution in [0.25, 0.3) is 5.65 Å². The quantitative estimate of drug-likeness (QED) is 0.841. The number of amides is 1. The minimum absolute atomic E-state index is 0.131. The Morgan fingerprint density at radius 3 is 3.12 bits per heavy atom. The second-order valence-electron chi connectivity index (χ2n) is 3.64. The molecule has 0 radical (unpaired) electrons. The summed E-state index contributed by atoms with van der Waals surface area (Å²) in [7, 11) is 0. The molecule has 0 aromatic carbocycles. The van der Waals surface area contributed by atoms with Crippen molar-refractivity contribution >= 4 is 11.6 Å². The van der Waals surface area contributed by atoms with Crippen LogP contribution in [0, 0.1) is 6.92 Å². The summed E-state index contributed by atoms with van der Waals surface area (Å²) < 4.78 is 1.70. The van der Waals surface area contributed by atoms with Crippen LogP contribution in [0.15, 0.2) is 18.3 Å². The van der Waals surface area contributed by atoms with Crippen molar-refractivity contribution in [1.82, 2.24) is 19.9 Å². The first kappa shape index (κ1) is 10.6. The molecule has 0 saturated heterocycles. The molecule has 0 bridgehead atoms. The summed E-state index contributed by atoms with van der Waals surface area (Å²) in [6.07, 6.45) is 2.59. The fraction of sp³-hybridized carbons (Fsp3) is 0.364. The lowest BCUT2D eigenvalue weighted by molar-refractivity contribution is 0.0948. The van der Waals surface area contributed by atoms with Crippen LogP contribution < -0.4 is 5.32 Å². The summed E-state index contributed by atoms with van der Waals surface area (Å²) in [5.41, 5.74) is 2.04. The van der Waals surface area contributed by atoms with E-state index in [4.69, 9.17) is 0 Å². The Morgan fingerprint density at radius 2 is 2.38 bits per heavy atom. The molecule has 2 heterocycles. The number of aromatic nitrogens is 3. The molecule has 5 nitrogen and oxygen atoms in total. The smallest absolute Gasteiger partial charge is 0.270 e. The van der Waals surface area contributed by atoms with Crippen LogP contribution in [0.4, 0.5) is 0 Å². The number of nitrogens with one attached hydrogen (secondary N) is 1. The van der Waals surface area contributed by atoms with Crippen LogP contribution in [-0.2, 0) is 0 Å². The lowest BCUT2D eigenvalue weighted by Gasteiger charge is -2.05. The van der Waals surface area contributed by atoms with Gasteiger partial charge in [-0.3, -0.25) is 4.79 Å². The molecule has 0 aliphatic heterocycles. The molecule has 0 aliphatic rings. The molecule has 2 aromatic heterocycles. The number of hydrogen-bond acceptors (Lipinski definition) is 3. The number of carbonyl (C=O) groups excluding carboxylic acids is 1. The van der Waals surface area contributed by atoms with Gasteiger partial charge in [-0.15, -0.1) is 0 Å². The van der Waals surface area contributed by atoms with Crippen molar-refractivity contribution in [2.45, 2.75) is 20.3 Å². The summed E-state index contributed by atoms with van der Waals surface area (Å²) in [5, 5.41) is 6.90. The molecule has 5 heteroatoms. The zero-order valence-corrected chi connectivity index (χ0v) is 9.40. The monoisotopic (exact) mass is 218 g/mol. The third-order valence-corrected chi connectivity index (χ3v) is 2.31. The maximum Gasteiger partial charge on any atom is 0.270 e. The second kappa shape index (κ2) is 4.30. The fourth-order valence-electron chi connectivity index (χ4n) is 1.51. The first-order valence-electron chi connectivity index (χ1n) is 5.32. The highest BCUT2D eigenvalue weighted by molar-refractivity contribution is 5.92. The largest absolute Gasteiger partial charge is 0.351 e. The Balaban J connectivity index is 2.34. The number of fused-ring (bicyclic) bond motifs is 1. The summed E-state index contributed by atoms with van der Waals surface area (Å²) in [4.78, 5) is 16.0. The van der Waals surface area contributed by atoms with Crippen LogP contribution in [0.2, 0.25) is 0 Å². The standard InChI is InChI=1S/C11H14N4O/c1-3-5-12-11(16)9-7-8(2)15-10(14-9)4-6-13-15/h4,6-7H,3,5H2,1-2H3,(H,12,16). The maximum atomic E-state index is 11.7. The Morgan fingerprint density at radius 1 is 1.56 bits per heavy atom. The molecule has 2 rings (SSSR count). The third kappa shape index (κ3) is 1.88. The number of rotatable bonds is 3. The Labute approximate surface area is 93.5 Å². The average Bonchev–Trinajstić information content (AvgIpc) is 2.74. The van der Waals surface area contributed by atoms with Crippen molar-refractivity contribution in [3.63, 3.8) is 0 Å². The molecule has 0 spiro atoms. The summed E-state index contributed by atoms with van der Waals surface area (Å²) in [6, 6.07) is 3.52. The molecule has 2 aromatic rings. The SMILES string of the molecule is CCCNC(=O)c1cc(C)n2nccc2n1. The zero-order chi connectivity index (χ0) is 11.5. The second-order valence-corrected chi connectivity index (χ2v) is 3.64. The highest BCUT2D eigenvalue weighted by Gasteiger charge is 2.09. The van der Waals surface area contributed by atoms with Gasteiger partial charge in [0.15, 0.2) is 5.65 Å². The first-order chi connectivity index (χ1) is 7.72. The third-order valence-electron chi connectivity index (χ3n) is 2.31. The van der Waals surface area contributed by atoms with Crippen molar-refractivity contribution in [2.24, 2.45) is 0 Å². The van der Waals surface area contributed by atoms with Gasteiger partial charge in [-0.1, -0.05) is 6.92 Å². The summed E-state index contributed by atoms with van der Waals surface area (Å²) >= 11 is 0. The van der Waals surface area contributed by atoms with E-state index in [1.54, 1.807) is 22.8 Å². The number of nitrogens with zero attached hydrogens (tertiary/aromatic N) is 3. The first-order valence-corrected chi connectivity index (χ1v) is 5.32. The zero-order valence-electron chi connectivity index (χ0n) is 9.40. The van der Waals surface area contributed by atoms with Gasteiger partial charge in [0.2, 0.25) is 0 Å². The van der Waals surface area contributed by atoms with Crippen molar-refractivity contribution in [2.75, 3.05) is 6.54 Å². The maximum absolute atomic E-state index is 11.7. The molecule has 0 aliphatic carbocycles. The molecule has 16 heavy (non-hydrogen) atoms.